The van der Waals surface area contributed by atoms with E-state index in [9.17, 15) is 9.90 Å². The minimum Gasteiger partial charge on any atom is -0.386 e. The van der Waals surface area contributed by atoms with Gasteiger partial charge < -0.3 is 15.3 Å². The third-order valence-corrected chi connectivity index (χ3v) is 5.00. The zero-order valence-electron chi connectivity index (χ0n) is 15.6. The molecule has 2 aromatic heterocycles. The van der Waals surface area contributed by atoms with Gasteiger partial charge in [0.2, 0.25) is 11.9 Å². The van der Waals surface area contributed by atoms with Crippen molar-refractivity contribution < 1.29 is 9.90 Å². The molecule has 0 spiro atoms. The molecule has 2 aromatic rings. The lowest BCUT2D eigenvalue weighted by Gasteiger charge is -2.39. The summed E-state index contributed by atoms with van der Waals surface area (Å²) in [6.45, 7) is 5.28. The van der Waals surface area contributed by atoms with Crippen molar-refractivity contribution in [2.75, 3.05) is 24.5 Å². The average Bonchev–Trinajstić information content (AvgIpc) is 2.87. The summed E-state index contributed by atoms with van der Waals surface area (Å²) < 4.78 is 1.78. The molecule has 1 amide bonds. The normalized spacial score (nSPS) is 20.2. The first-order chi connectivity index (χ1) is 12.4. The Hall–Kier alpha value is -2.48. The fourth-order valence-electron chi connectivity index (χ4n) is 3.44. The van der Waals surface area contributed by atoms with Crippen LogP contribution in [-0.2, 0) is 18.3 Å². The largest absolute Gasteiger partial charge is 0.386 e. The summed E-state index contributed by atoms with van der Waals surface area (Å²) in [5.74, 6) is 0.504. The Morgan fingerprint density at radius 1 is 1.35 bits per heavy atom. The van der Waals surface area contributed by atoms with Crippen LogP contribution in [0.1, 0.15) is 29.8 Å². The summed E-state index contributed by atoms with van der Waals surface area (Å²) >= 11 is 0. The van der Waals surface area contributed by atoms with E-state index in [0.29, 0.717) is 18.9 Å². The number of anilines is 1. The van der Waals surface area contributed by atoms with Gasteiger partial charge in [0.25, 0.3) is 0 Å². The molecule has 0 bridgehead atoms. The standard InChI is InChI=1S/C18H26N6O2/c1-13-15(14(2)23(3)22-13)10-16(25)21-11-18(26)6-4-9-24(12-18)17-19-7-5-8-20-17/h5,7-8,26H,4,6,9-12H2,1-3H3,(H,21,25). The molecular weight excluding hydrogens is 332 g/mol. The van der Waals surface area contributed by atoms with Crippen molar-refractivity contribution in [1.82, 2.24) is 25.1 Å². The first-order valence-electron chi connectivity index (χ1n) is 8.88. The van der Waals surface area contributed by atoms with Crippen LogP contribution in [0, 0.1) is 13.8 Å². The number of aryl methyl sites for hydroxylation is 2. The van der Waals surface area contributed by atoms with Gasteiger partial charge in [-0.1, -0.05) is 0 Å². The van der Waals surface area contributed by atoms with Gasteiger partial charge in [-0.25, -0.2) is 9.97 Å². The highest BCUT2D eigenvalue weighted by Gasteiger charge is 2.34. The van der Waals surface area contributed by atoms with Crippen molar-refractivity contribution in [3.63, 3.8) is 0 Å². The minimum absolute atomic E-state index is 0.106. The topological polar surface area (TPSA) is 96.2 Å². The summed E-state index contributed by atoms with van der Waals surface area (Å²) in [5.41, 5.74) is 1.82. The molecule has 3 heterocycles. The number of nitrogens with zero attached hydrogens (tertiary/aromatic N) is 5. The molecule has 1 aliphatic rings. The summed E-state index contributed by atoms with van der Waals surface area (Å²) in [6.07, 6.45) is 5.12. The molecule has 1 saturated heterocycles. The Labute approximate surface area is 153 Å². The molecule has 8 heteroatoms. The number of carbonyl (C=O) groups is 1. The predicted molar refractivity (Wildman–Crippen MR) is 97.8 cm³/mol. The van der Waals surface area contributed by atoms with E-state index in [4.69, 9.17) is 0 Å². The number of aliphatic hydroxyl groups is 1. The third-order valence-electron chi connectivity index (χ3n) is 5.00. The molecule has 8 nitrogen and oxygen atoms in total. The molecule has 0 saturated carbocycles. The van der Waals surface area contributed by atoms with Crippen LogP contribution < -0.4 is 10.2 Å². The molecular formula is C18H26N6O2. The molecule has 0 radical (unpaired) electrons. The fraction of sp³-hybridized carbons (Fsp3) is 0.556. The first-order valence-corrected chi connectivity index (χ1v) is 8.88. The van der Waals surface area contributed by atoms with Crippen molar-refractivity contribution in [2.24, 2.45) is 7.05 Å². The Balaban J connectivity index is 1.58. The number of aromatic nitrogens is 4. The highest BCUT2D eigenvalue weighted by molar-refractivity contribution is 5.79. The van der Waals surface area contributed by atoms with Crippen LogP contribution in [0.3, 0.4) is 0 Å². The number of carbonyl (C=O) groups excluding carboxylic acids is 1. The Morgan fingerprint density at radius 3 is 2.73 bits per heavy atom. The Kier molecular flexibility index (Phi) is 5.22. The molecule has 1 unspecified atom stereocenters. The van der Waals surface area contributed by atoms with Gasteiger partial charge in [-0.2, -0.15) is 5.10 Å². The maximum atomic E-state index is 12.4. The second kappa shape index (κ2) is 7.41. The van der Waals surface area contributed by atoms with Gasteiger partial charge in [0, 0.05) is 43.8 Å². The minimum atomic E-state index is -0.980. The van der Waals surface area contributed by atoms with E-state index in [-0.39, 0.29) is 18.9 Å². The van der Waals surface area contributed by atoms with Gasteiger partial charge in [-0.15, -0.1) is 0 Å². The zero-order chi connectivity index (χ0) is 18.7. The highest BCUT2D eigenvalue weighted by atomic mass is 16.3. The lowest BCUT2D eigenvalue weighted by Crippen LogP contribution is -2.54. The van der Waals surface area contributed by atoms with Gasteiger partial charge in [0.15, 0.2) is 0 Å². The van der Waals surface area contributed by atoms with Gasteiger partial charge >= 0.3 is 0 Å². The molecule has 1 aliphatic heterocycles. The monoisotopic (exact) mass is 358 g/mol. The van der Waals surface area contributed by atoms with Crippen molar-refractivity contribution in [1.29, 1.82) is 0 Å². The van der Waals surface area contributed by atoms with Gasteiger partial charge in [-0.3, -0.25) is 9.48 Å². The van der Waals surface area contributed by atoms with Crippen LogP contribution in [0.15, 0.2) is 18.5 Å². The highest BCUT2D eigenvalue weighted by Crippen LogP contribution is 2.23. The lowest BCUT2D eigenvalue weighted by atomic mass is 9.93. The van der Waals surface area contributed by atoms with Crippen LogP contribution >= 0.6 is 0 Å². The Bertz CT molecular complexity index is 775. The van der Waals surface area contributed by atoms with E-state index >= 15 is 0 Å². The number of amides is 1. The number of nitrogens with one attached hydrogen (secondary N) is 1. The molecule has 26 heavy (non-hydrogen) atoms. The zero-order valence-corrected chi connectivity index (χ0v) is 15.6. The summed E-state index contributed by atoms with van der Waals surface area (Å²) in [4.78, 5) is 22.8. The SMILES string of the molecule is Cc1nn(C)c(C)c1CC(=O)NCC1(O)CCCN(c2ncccn2)C1. The molecule has 0 aromatic carbocycles. The number of hydrogen-bond acceptors (Lipinski definition) is 6. The van der Waals surface area contributed by atoms with Crippen molar-refractivity contribution in [2.45, 2.75) is 38.7 Å². The van der Waals surface area contributed by atoms with Gasteiger partial charge in [0.1, 0.15) is 0 Å². The van der Waals surface area contributed by atoms with Gasteiger partial charge in [-0.05, 0) is 32.8 Å². The van der Waals surface area contributed by atoms with E-state index < -0.39 is 5.60 Å². The second-order valence-corrected chi connectivity index (χ2v) is 7.02. The lowest BCUT2D eigenvalue weighted by molar-refractivity contribution is -0.121. The first kappa shape index (κ1) is 18.3. The van der Waals surface area contributed by atoms with Gasteiger partial charge in [0.05, 0.1) is 24.3 Å². The number of β-amino-alcohol motifs (C(OH)–C–C–N with tert-alkyl or cyclic N) is 1. The van der Waals surface area contributed by atoms with E-state index in [1.54, 1.807) is 23.1 Å². The van der Waals surface area contributed by atoms with Crippen LogP contribution in [0.2, 0.25) is 0 Å². The number of piperidine rings is 1. The Morgan fingerprint density at radius 2 is 2.08 bits per heavy atom. The molecule has 1 fully saturated rings. The average molecular weight is 358 g/mol. The van der Waals surface area contributed by atoms with E-state index in [0.717, 1.165) is 29.9 Å². The molecule has 2 N–H and O–H groups in total. The summed E-state index contributed by atoms with van der Waals surface area (Å²) in [5, 5.41) is 18.1. The molecule has 3 rings (SSSR count). The van der Waals surface area contributed by atoms with E-state index in [1.807, 2.05) is 25.8 Å². The van der Waals surface area contributed by atoms with Crippen molar-refractivity contribution in [3.05, 3.63) is 35.4 Å². The van der Waals surface area contributed by atoms with Crippen molar-refractivity contribution in [3.8, 4) is 0 Å². The van der Waals surface area contributed by atoms with Crippen LogP contribution in [-0.4, -0.2) is 56.0 Å². The third kappa shape index (κ3) is 4.01. The quantitative estimate of drug-likeness (QED) is 0.809. The maximum absolute atomic E-state index is 12.4. The molecule has 1 atom stereocenters. The van der Waals surface area contributed by atoms with Crippen LogP contribution in [0.25, 0.3) is 0 Å². The molecule has 140 valence electrons. The fourth-order valence-corrected chi connectivity index (χ4v) is 3.44. The number of hydrogen-bond donors (Lipinski definition) is 2. The van der Waals surface area contributed by atoms with E-state index in [2.05, 4.69) is 20.4 Å². The van der Waals surface area contributed by atoms with Crippen molar-refractivity contribution >= 4 is 11.9 Å². The van der Waals surface area contributed by atoms with Crippen LogP contribution in [0.4, 0.5) is 5.95 Å². The number of rotatable bonds is 5. The predicted octanol–water partition coefficient (Wildman–Crippen LogP) is 0.517. The summed E-state index contributed by atoms with van der Waals surface area (Å²) in [7, 11) is 1.87. The maximum Gasteiger partial charge on any atom is 0.225 e. The van der Waals surface area contributed by atoms with E-state index in [1.165, 1.54) is 0 Å². The summed E-state index contributed by atoms with van der Waals surface area (Å²) in [6, 6.07) is 1.77. The second-order valence-electron chi connectivity index (χ2n) is 7.02. The smallest absolute Gasteiger partial charge is 0.225 e. The van der Waals surface area contributed by atoms with Crippen LogP contribution in [0.5, 0.6) is 0 Å². The molecule has 0 aliphatic carbocycles.